The van der Waals surface area contributed by atoms with Crippen molar-refractivity contribution in [3.05, 3.63) is 0 Å². The monoisotopic (exact) mass is 257 g/mol. The molecular weight excluding hydrogens is 234 g/mol. The number of piperidine rings is 1. The summed E-state index contributed by atoms with van der Waals surface area (Å²) in [6, 6.07) is 0. The molecule has 5 heteroatoms. The van der Waals surface area contributed by atoms with E-state index < -0.39 is 10.8 Å². The van der Waals surface area contributed by atoms with E-state index >= 15 is 0 Å². The van der Waals surface area contributed by atoms with Crippen LogP contribution < -0.4 is 5.73 Å². The van der Waals surface area contributed by atoms with Crippen molar-refractivity contribution in [2.45, 2.75) is 37.4 Å². The lowest BCUT2D eigenvalue weighted by Crippen LogP contribution is -2.43. The zero-order chi connectivity index (χ0) is 12.5. The molecule has 1 unspecified atom stereocenters. The van der Waals surface area contributed by atoms with Gasteiger partial charge in [-0.05, 0) is 31.6 Å². The maximum Gasteiger partial charge on any atom is 0.191 e. The number of hydrogen-bond acceptors (Lipinski definition) is 2. The lowest BCUT2D eigenvalue weighted by molar-refractivity contribution is 0.277. The molecule has 1 aliphatic carbocycles. The zero-order valence-electron chi connectivity index (χ0n) is 10.8. The second-order valence-corrected chi connectivity index (χ2v) is 7.26. The minimum absolute atomic E-state index is 0.0479. The SMILES string of the molecule is CC1CCN(C(N)=NCC2(S(C)=O)CC2)CC1. The molecule has 0 aromatic carbocycles. The van der Waals surface area contributed by atoms with Gasteiger partial charge in [-0.25, -0.2) is 0 Å². The lowest BCUT2D eigenvalue weighted by Gasteiger charge is -2.31. The molecule has 0 aromatic heterocycles. The molecule has 2 fully saturated rings. The van der Waals surface area contributed by atoms with E-state index in [0.717, 1.165) is 31.8 Å². The van der Waals surface area contributed by atoms with Crippen LogP contribution in [0.2, 0.25) is 0 Å². The van der Waals surface area contributed by atoms with Crippen molar-refractivity contribution in [3.63, 3.8) is 0 Å². The summed E-state index contributed by atoms with van der Waals surface area (Å²) in [5.74, 6) is 1.45. The van der Waals surface area contributed by atoms with Crippen molar-refractivity contribution < 1.29 is 4.21 Å². The van der Waals surface area contributed by atoms with Gasteiger partial charge < -0.3 is 10.6 Å². The summed E-state index contributed by atoms with van der Waals surface area (Å²) < 4.78 is 11.5. The second-order valence-electron chi connectivity index (χ2n) is 5.48. The smallest absolute Gasteiger partial charge is 0.191 e. The van der Waals surface area contributed by atoms with E-state index in [4.69, 9.17) is 5.73 Å². The Morgan fingerprint density at radius 1 is 1.47 bits per heavy atom. The van der Waals surface area contributed by atoms with E-state index in [1.165, 1.54) is 12.8 Å². The fourth-order valence-electron chi connectivity index (χ4n) is 2.24. The predicted molar refractivity (Wildman–Crippen MR) is 72.5 cm³/mol. The molecule has 2 rings (SSSR count). The van der Waals surface area contributed by atoms with E-state index in [0.29, 0.717) is 12.5 Å². The summed E-state index contributed by atoms with van der Waals surface area (Å²) in [6.07, 6.45) is 6.23. The topological polar surface area (TPSA) is 58.7 Å². The fourth-order valence-corrected chi connectivity index (χ4v) is 3.16. The number of aliphatic imine (C=N–C) groups is 1. The van der Waals surface area contributed by atoms with Gasteiger partial charge in [0.1, 0.15) is 0 Å². The molecule has 1 aliphatic heterocycles. The Bertz CT molecular complexity index is 331. The molecule has 2 N–H and O–H groups in total. The third-order valence-corrected chi connectivity index (χ3v) is 5.81. The van der Waals surface area contributed by atoms with Crippen molar-refractivity contribution in [2.24, 2.45) is 16.6 Å². The molecule has 2 aliphatic rings. The van der Waals surface area contributed by atoms with Gasteiger partial charge in [-0.3, -0.25) is 9.20 Å². The van der Waals surface area contributed by atoms with Crippen LogP contribution in [0.4, 0.5) is 0 Å². The average Bonchev–Trinajstić information content (AvgIpc) is 3.08. The van der Waals surface area contributed by atoms with Crippen LogP contribution in [0.3, 0.4) is 0 Å². The highest BCUT2D eigenvalue weighted by molar-refractivity contribution is 7.86. The summed E-state index contributed by atoms with van der Waals surface area (Å²) in [4.78, 5) is 6.62. The fraction of sp³-hybridized carbons (Fsp3) is 0.917. The van der Waals surface area contributed by atoms with Gasteiger partial charge in [0, 0.05) is 30.1 Å². The highest BCUT2D eigenvalue weighted by Gasteiger charge is 2.46. The van der Waals surface area contributed by atoms with Crippen molar-refractivity contribution in [2.75, 3.05) is 25.9 Å². The van der Waals surface area contributed by atoms with Crippen LogP contribution in [0.5, 0.6) is 0 Å². The van der Waals surface area contributed by atoms with Gasteiger partial charge in [-0.1, -0.05) is 6.92 Å². The quantitative estimate of drug-likeness (QED) is 0.605. The standard InChI is InChI=1S/C12H23N3OS/c1-10-3-7-15(8-4-10)11(13)14-9-12(5-6-12)17(2)16/h10H,3-9H2,1-2H3,(H2,13,14). The van der Waals surface area contributed by atoms with Gasteiger partial charge in [0.15, 0.2) is 5.96 Å². The Labute approximate surface area is 106 Å². The third-order valence-electron chi connectivity index (χ3n) is 4.05. The first-order valence-electron chi connectivity index (χ1n) is 6.42. The molecule has 0 spiro atoms. The number of nitrogens with zero attached hydrogens (tertiary/aromatic N) is 2. The summed E-state index contributed by atoms with van der Waals surface area (Å²) in [5.41, 5.74) is 6.01. The van der Waals surface area contributed by atoms with Gasteiger partial charge in [-0.15, -0.1) is 0 Å². The first kappa shape index (κ1) is 12.9. The predicted octanol–water partition coefficient (Wildman–Crippen LogP) is 0.944. The third kappa shape index (κ3) is 3.00. The van der Waals surface area contributed by atoms with E-state index in [1.54, 1.807) is 6.26 Å². The maximum absolute atomic E-state index is 11.5. The molecule has 0 amide bonds. The summed E-state index contributed by atoms with van der Waals surface area (Å²) in [5, 5.41) is 0. The van der Waals surface area contributed by atoms with Gasteiger partial charge in [0.25, 0.3) is 0 Å². The first-order chi connectivity index (χ1) is 8.03. The molecule has 1 atom stereocenters. The zero-order valence-corrected chi connectivity index (χ0v) is 11.6. The number of likely N-dealkylation sites (tertiary alicyclic amines) is 1. The first-order valence-corrected chi connectivity index (χ1v) is 7.98. The van der Waals surface area contributed by atoms with Crippen molar-refractivity contribution in [1.29, 1.82) is 0 Å². The number of hydrogen-bond donors (Lipinski definition) is 1. The lowest BCUT2D eigenvalue weighted by atomic mass is 10.00. The molecule has 1 saturated heterocycles. The Morgan fingerprint density at radius 2 is 2.06 bits per heavy atom. The summed E-state index contributed by atoms with van der Waals surface area (Å²) in [7, 11) is -0.773. The minimum atomic E-state index is -0.773. The molecule has 1 saturated carbocycles. The van der Waals surface area contributed by atoms with Gasteiger partial charge >= 0.3 is 0 Å². The molecule has 98 valence electrons. The molecular formula is C12H23N3OS. The van der Waals surface area contributed by atoms with Crippen LogP contribution in [0.1, 0.15) is 32.6 Å². The molecule has 0 bridgehead atoms. The number of rotatable bonds is 3. The number of guanidine groups is 1. The van der Waals surface area contributed by atoms with Crippen molar-refractivity contribution in [1.82, 2.24) is 4.90 Å². The van der Waals surface area contributed by atoms with E-state index in [1.807, 2.05) is 0 Å². The Balaban J connectivity index is 1.87. The van der Waals surface area contributed by atoms with Crippen LogP contribution in [0.15, 0.2) is 4.99 Å². The van der Waals surface area contributed by atoms with Crippen LogP contribution in [0, 0.1) is 5.92 Å². The highest BCUT2D eigenvalue weighted by Crippen LogP contribution is 2.41. The van der Waals surface area contributed by atoms with E-state index in [2.05, 4.69) is 16.8 Å². The number of nitrogens with two attached hydrogens (primary N) is 1. The highest BCUT2D eigenvalue weighted by atomic mass is 32.2. The van der Waals surface area contributed by atoms with Crippen LogP contribution in [-0.2, 0) is 10.8 Å². The van der Waals surface area contributed by atoms with Crippen LogP contribution >= 0.6 is 0 Å². The summed E-state index contributed by atoms with van der Waals surface area (Å²) >= 11 is 0. The van der Waals surface area contributed by atoms with Gasteiger partial charge in [0.05, 0.1) is 11.3 Å². The van der Waals surface area contributed by atoms with Crippen molar-refractivity contribution >= 4 is 16.8 Å². The average molecular weight is 257 g/mol. The normalized spacial score (nSPS) is 26.9. The van der Waals surface area contributed by atoms with E-state index in [-0.39, 0.29) is 4.75 Å². The second kappa shape index (κ2) is 4.96. The van der Waals surface area contributed by atoms with Crippen molar-refractivity contribution in [3.8, 4) is 0 Å². The minimum Gasteiger partial charge on any atom is -0.370 e. The van der Waals surface area contributed by atoms with Crippen LogP contribution in [0.25, 0.3) is 0 Å². The molecule has 0 aromatic rings. The van der Waals surface area contributed by atoms with E-state index in [9.17, 15) is 4.21 Å². The van der Waals surface area contributed by atoms with Gasteiger partial charge in [-0.2, -0.15) is 0 Å². The molecule has 1 heterocycles. The maximum atomic E-state index is 11.5. The van der Waals surface area contributed by atoms with Gasteiger partial charge in [0.2, 0.25) is 0 Å². The summed E-state index contributed by atoms with van der Waals surface area (Å²) in [6.45, 7) is 4.94. The Hall–Kier alpha value is -0.580. The molecule has 4 nitrogen and oxygen atoms in total. The Kier molecular flexibility index (Phi) is 3.76. The Morgan fingerprint density at radius 3 is 2.53 bits per heavy atom. The molecule has 17 heavy (non-hydrogen) atoms. The van der Waals surface area contributed by atoms with Crippen LogP contribution in [-0.4, -0.2) is 45.7 Å². The molecule has 0 radical (unpaired) electrons. The largest absolute Gasteiger partial charge is 0.370 e.